The molecule has 15 heavy (non-hydrogen) atoms. The fourth-order valence-electron chi connectivity index (χ4n) is 0.687. The molecule has 7 heteroatoms. The molecule has 0 aliphatic carbocycles. The maximum Gasteiger partial charge on any atom is 0.272 e. The van der Waals surface area contributed by atoms with Gasteiger partial charge in [0.05, 0.1) is 12.1 Å². The molecule has 0 aromatic carbocycles. The second-order valence-electron chi connectivity index (χ2n) is 4.01. The van der Waals surface area contributed by atoms with Crippen LogP contribution in [0.4, 0.5) is 0 Å². The number of nitrogens with one attached hydrogen (secondary N) is 1. The van der Waals surface area contributed by atoms with Crippen LogP contribution < -0.4 is 5.32 Å². The number of carbonyl (C=O) groups excluding carboxylic acids is 1. The predicted octanol–water partition coefficient (Wildman–Crippen LogP) is 0.995. The Morgan fingerprint density at radius 2 is 1.67 bits per heavy atom. The second kappa shape index (κ2) is 4.63. The Bertz CT molecular complexity index is 248. The molecule has 0 saturated heterocycles. The Balaban J connectivity index is 4.73. The van der Waals surface area contributed by atoms with Gasteiger partial charge in [-0.1, -0.05) is 34.8 Å². The van der Waals surface area contributed by atoms with Gasteiger partial charge in [-0.3, -0.25) is 4.79 Å². The minimum atomic E-state index is -2.09. The first kappa shape index (κ1) is 15.3. The molecule has 0 unspecified atom stereocenters. The molecule has 1 atom stereocenters. The van der Waals surface area contributed by atoms with Crippen molar-refractivity contribution in [2.45, 2.75) is 35.7 Å². The van der Waals surface area contributed by atoms with Gasteiger partial charge < -0.3 is 15.5 Å². The van der Waals surface area contributed by atoms with Crippen molar-refractivity contribution in [1.82, 2.24) is 5.32 Å². The van der Waals surface area contributed by atoms with Gasteiger partial charge in [0.2, 0.25) is 0 Å². The van der Waals surface area contributed by atoms with Gasteiger partial charge in [-0.25, -0.2) is 0 Å². The molecular weight excluding hydrogens is 264 g/mol. The molecule has 0 radical (unpaired) electrons. The molecule has 0 aromatic rings. The van der Waals surface area contributed by atoms with Crippen LogP contribution in [-0.2, 0) is 4.79 Å². The summed E-state index contributed by atoms with van der Waals surface area (Å²) in [4.78, 5) is 11.3. The van der Waals surface area contributed by atoms with Crippen molar-refractivity contribution < 1.29 is 15.0 Å². The van der Waals surface area contributed by atoms with Crippen molar-refractivity contribution in [1.29, 1.82) is 0 Å². The van der Waals surface area contributed by atoms with Crippen molar-refractivity contribution in [2.24, 2.45) is 0 Å². The van der Waals surface area contributed by atoms with E-state index in [2.05, 4.69) is 5.32 Å². The van der Waals surface area contributed by atoms with Crippen LogP contribution in [0.25, 0.3) is 0 Å². The fraction of sp³-hybridized carbons (Fsp3) is 0.875. The Morgan fingerprint density at radius 3 is 1.93 bits per heavy atom. The molecule has 0 fully saturated rings. The van der Waals surface area contributed by atoms with Crippen molar-refractivity contribution >= 4 is 40.7 Å². The van der Waals surface area contributed by atoms with E-state index in [1.165, 1.54) is 20.8 Å². The predicted molar refractivity (Wildman–Crippen MR) is 60.2 cm³/mol. The van der Waals surface area contributed by atoms with Crippen LogP contribution in [0, 0.1) is 0 Å². The van der Waals surface area contributed by atoms with Gasteiger partial charge in [0.1, 0.15) is 5.60 Å². The van der Waals surface area contributed by atoms with E-state index in [-0.39, 0.29) is 0 Å². The van der Waals surface area contributed by atoms with Gasteiger partial charge >= 0.3 is 0 Å². The van der Waals surface area contributed by atoms with E-state index in [1.807, 2.05) is 0 Å². The zero-order chi connectivity index (χ0) is 12.5. The van der Waals surface area contributed by atoms with E-state index >= 15 is 0 Å². The lowest BCUT2D eigenvalue weighted by Crippen LogP contribution is -2.62. The molecule has 4 nitrogen and oxygen atoms in total. The number of amides is 1. The van der Waals surface area contributed by atoms with Crippen LogP contribution in [0.2, 0.25) is 0 Å². The minimum absolute atomic E-state index is 0.528. The average Bonchev–Trinajstić information content (AvgIpc) is 2.01. The van der Waals surface area contributed by atoms with Gasteiger partial charge in [0.15, 0.2) is 0 Å². The normalized spacial score (nSPS) is 17.1. The number of halogens is 3. The quantitative estimate of drug-likeness (QED) is 0.675. The lowest BCUT2D eigenvalue weighted by atomic mass is 9.85. The maximum atomic E-state index is 11.3. The zero-order valence-electron chi connectivity index (χ0n) is 8.64. The first-order chi connectivity index (χ1) is 6.44. The fourth-order valence-corrected chi connectivity index (χ4v) is 0.829. The van der Waals surface area contributed by atoms with Crippen molar-refractivity contribution in [3.63, 3.8) is 0 Å². The number of aliphatic hydroxyl groups excluding tert-OH is 1. The summed E-state index contributed by atoms with van der Waals surface area (Å²) in [5, 5.41) is 21.1. The van der Waals surface area contributed by atoms with Crippen LogP contribution in [-0.4, -0.2) is 37.7 Å². The molecule has 0 aliphatic rings. The summed E-state index contributed by atoms with van der Waals surface area (Å²) >= 11 is 16.1. The maximum absolute atomic E-state index is 11.3. The number of hydrogen-bond acceptors (Lipinski definition) is 3. The van der Waals surface area contributed by atoms with Gasteiger partial charge in [-0.2, -0.15) is 0 Å². The Morgan fingerprint density at radius 1 is 1.27 bits per heavy atom. The number of hydrogen-bond donors (Lipinski definition) is 3. The van der Waals surface area contributed by atoms with Crippen LogP contribution in [0.1, 0.15) is 20.8 Å². The summed E-state index contributed by atoms with van der Waals surface area (Å²) in [5.74, 6) is -0.855. The zero-order valence-corrected chi connectivity index (χ0v) is 10.9. The van der Waals surface area contributed by atoms with Gasteiger partial charge in [-0.15, -0.1) is 0 Å². The van der Waals surface area contributed by atoms with Crippen LogP contribution in [0.5, 0.6) is 0 Å². The van der Waals surface area contributed by atoms with E-state index in [0.717, 1.165) is 0 Å². The summed E-state index contributed by atoms with van der Waals surface area (Å²) in [6.45, 7) is 3.86. The molecule has 1 amide bonds. The third kappa shape index (κ3) is 3.96. The van der Waals surface area contributed by atoms with E-state index < -0.39 is 27.4 Å². The molecule has 0 heterocycles. The molecular formula is C8H14Cl3NO3. The first-order valence-electron chi connectivity index (χ1n) is 4.16. The highest BCUT2D eigenvalue weighted by Crippen LogP contribution is 2.29. The molecule has 0 aliphatic heterocycles. The second-order valence-corrected chi connectivity index (χ2v) is 6.29. The summed E-state index contributed by atoms with van der Waals surface area (Å²) in [5.41, 5.74) is -2.64. The summed E-state index contributed by atoms with van der Waals surface area (Å²) in [6.07, 6.45) is 0. The number of aliphatic hydroxyl groups is 2. The van der Waals surface area contributed by atoms with Crippen LogP contribution >= 0.6 is 34.8 Å². The van der Waals surface area contributed by atoms with Gasteiger partial charge in [-0.05, 0) is 20.8 Å². The summed E-state index contributed by atoms with van der Waals surface area (Å²) < 4.78 is -2.09. The Labute approximate surface area is 104 Å². The average molecular weight is 279 g/mol. The standard InChI is InChI=1S/C8H14Cl3NO3/c1-6(2,7(3,15)4-13)12-5(14)8(9,10)11/h13,15H,4H2,1-3H3,(H,12,14)/t7-/m0/s1. The highest BCUT2D eigenvalue weighted by Gasteiger charge is 2.43. The number of alkyl halides is 3. The molecule has 0 bridgehead atoms. The van der Waals surface area contributed by atoms with E-state index in [0.29, 0.717) is 0 Å². The van der Waals surface area contributed by atoms with Crippen LogP contribution in [0.15, 0.2) is 0 Å². The van der Waals surface area contributed by atoms with Crippen LogP contribution in [0.3, 0.4) is 0 Å². The van der Waals surface area contributed by atoms with Gasteiger partial charge in [0.25, 0.3) is 9.70 Å². The van der Waals surface area contributed by atoms with Crippen molar-refractivity contribution in [3.05, 3.63) is 0 Å². The van der Waals surface area contributed by atoms with E-state index in [1.54, 1.807) is 0 Å². The highest BCUT2D eigenvalue weighted by atomic mass is 35.6. The lowest BCUT2D eigenvalue weighted by molar-refractivity contribution is -0.127. The highest BCUT2D eigenvalue weighted by molar-refractivity contribution is 6.76. The first-order valence-corrected chi connectivity index (χ1v) is 5.30. The number of carbonyl (C=O) groups is 1. The van der Waals surface area contributed by atoms with E-state index in [9.17, 15) is 9.90 Å². The third-order valence-corrected chi connectivity index (χ3v) is 2.85. The van der Waals surface area contributed by atoms with E-state index in [4.69, 9.17) is 39.9 Å². The minimum Gasteiger partial charge on any atom is -0.393 e. The molecule has 0 saturated carbocycles. The van der Waals surface area contributed by atoms with Gasteiger partial charge in [0, 0.05) is 0 Å². The smallest absolute Gasteiger partial charge is 0.272 e. The summed E-state index contributed by atoms with van der Waals surface area (Å²) in [7, 11) is 0. The lowest BCUT2D eigenvalue weighted by Gasteiger charge is -2.39. The largest absolute Gasteiger partial charge is 0.393 e. The van der Waals surface area contributed by atoms with Crippen molar-refractivity contribution in [3.8, 4) is 0 Å². The molecule has 0 rings (SSSR count). The summed E-state index contributed by atoms with van der Waals surface area (Å²) in [6, 6.07) is 0. The Hall–Kier alpha value is 0.260. The van der Waals surface area contributed by atoms with Crippen molar-refractivity contribution in [2.75, 3.05) is 6.61 Å². The monoisotopic (exact) mass is 277 g/mol. The molecule has 0 aromatic heterocycles. The number of rotatable bonds is 3. The third-order valence-electron chi connectivity index (χ3n) is 2.34. The Kier molecular flexibility index (Phi) is 4.71. The molecule has 90 valence electrons. The SMILES string of the molecule is CC(C)(NC(=O)C(Cl)(Cl)Cl)[C@@](C)(O)CO. The molecule has 0 spiro atoms. The molecule has 3 N–H and O–H groups in total. The topological polar surface area (TPSA) is 69.6 Å².